The monoisotopic (exact) mass is 509 g/mol. The first-order valence-corrected chi connectivity index (χ1v) is 10.9. The van der Waals surface area contributed by atoms with Gasteiger partial charge in [-0.25, -0.2) is 0 Å². The van der Waals surface area contributed by atoms with Gasteiger partial charge in [-0.15, -0.1) is 0 Å². The highest BCUT2D eigenvalue weighted by Gasteiger charge is 2.53. The van der Waals surface area contributed by atoms with Crippen LogP contribution in [0.3, 0.4) is 0 Å². The van der Waals surface area contributed by atoms with Crippen molar-refractivity contribution in [2.75, 3.05) is 6.61 Å². The Morgan fingerprint density at radius 3 is 2.14 bits per heavy atom. The summed E-state index contributed by atoms with van der Waals surface area (Å²) in [6, 6.07) is 6.58. The molecule has 35 heavy (non-hydrogen) atoms. The number of ether oxygens (including phenoxy) is 6. The number of benzene rings is 1. The second-order valence-corrected chi connectivity index (χ2v) is 8.04. The average Bonchev–Trinajstić information content (AvgIpc) is 2.77. The lowest BCUT2D eigenvalue weighted by Gasteiger charge is -2.43. The molecule has 2 aromatic rings. The average molecular weight is 510 g/mol. The minimum absolute atomic E-state index is 0.228. The van der Waals surface area contributed by atoms with E-state index in [1.165, 1.54) is 6.92 Å². The Morgan fingerprint density at radius 2 is 1.51 bits per heavy atom. The zero-order chi connectivity index (χ0) is 25.7. The lowest BCUT2D eigenvalue weighted by atomic mass is 9.98. The molecule has 0 bridgehead atoms. The Labute approximate surface area is 205 Å². The zero-order valence-electron chi connectivity index (χ0n) is 19.4. The predicted molar refractivity (Wildman–Crippen MR) is 119 cm³/mol. The molecule has 11 nitrogen and oxygen atoms in total. The van der Waals surface area contributed by atoms with Crippen LogP contribution in [0.4, 0.5) is 0 Å². The number of pyridine rings is 1. The second kappa shape index (κ2) is 11.3. The fraction of sp³-hybridized carbons (Fsp3) is 0.435. The molecule has 0 saturated carbocycles. The Kier molecular flexibility index (Phi) is 8.47. The SMILES string of the molecule is CC(=O)OC[C@@H]1O[C@@H](Oc2ccc(Cl)c3cccnc23)[C@@H](OC(C)=O)[C@H](OC(C)=O)[C@H]1OC(C)=O. The number of halogens is 1. The molecule has 5 atom stereocenters. The molecular formula is C23H24ClNO10. The molecule has 1 aromatic heterocycles. The van der Waals surface area contributed by atoms with Crippen LogP contribution < -0.4 is 4.74 Å². The Bertz CT molecular complexity index is 1120. The van der Waals surface area contributed by atoms with Crippen molar-refractivity contribution in [3.05, 3.63) is 35.5 Å². The Balaban J connectivity index is 2.05. The predicted octanol–water partition coefficient (Wildman–Crippen LogP) is 2.35. The van der Waals surface area contributed by atoms with Crippen LogP contribution in [-0.4, -0.2) is 66.2 Å². The number of aromatic nitrogens is 1. The van der Waals surface area contributed by atoms with Crippen LogP contribution in [0, 0.1) is 0 Å². The highest BCUT2D eigenvalue weighted by molar-refractivity contribution is 6.35. The first-order chi connectivity index (χ1) is 16.6. The second-order valence-electron chi connectivity index (χ2n) is 7.63. The van der Waals surface area contributed by atoms with Gasteiger partial charge in [0.1, 0.15) is 24.0 Å². The summed E-state index contributed by atoms with van der Waals surface area (Å²) in [7, 11) is 0. The number of nitrogens with zero attached hydrogens (tertiary/aromatic N) is 1. The number of hydrogen-bond acceptors (Lipinski definition) is 11. The van der Waals surface area contributed by atoms with E-state index in [2.05, 4.69) is 4.98 Å². The van der Waals surface area contributed by atoms with Crippen LogP contribution in [0.25, 0.3) is 10.9 Å². The van der Waals surface area contributed by atoms with E-state index in [0.717, 1.165) is 20.8 Å². The van der Waals surface area contributed by atoms with Gasteiger partial charge >= 0.3 is 23.9 Å². The molecule has 0 aliphatic carbocycles. The van der Waals surface area contributed by atoms with E-state index in [1.54, 1.807) is 30.5 Å². The third kappa shape index (κ3) is 6.58. The molecule has 1 saturated heterocycles. The lowest BCUT2D eigenvalue weighted by Crippen LogP contribution is -2.63. The first kappa shape index (κ1) is 26.2. The van der Waals surface area contributed by atoms with Gasteiger partial charge < -0.3 is 28.4 Å². The van der Waals surface area contributed by atoms with E-state index in [0.29, 0.717) is 15.9 Å². The number of hydrogen-bond donors (Lipinski definition) is 0. The normalized spacial score (nSPS) is 23.7. The quantitative estimate of drug-likeness (QED) is 0.401. The summed E-state index contributed by atoms with van der Waals surface area (Å²) in [5.74, 6) is -2.59. The van der Waals surface area contributed by atoms with Crippen molar-refractivity contribution in [1.29, 1.82) is 0 Å². The fourth-order valence-corrected chi connectivity index (χ4v) is 3.83. The van der Waals surface area contributed by atoms with Crippen molar-refractivity contribution >= 4 is 46.4 Å². The number of esters is 4. The van der Waals surface area contributed by atoms with Gasteiger partial charge in [0.2, 0.25) is 12.4 Å². The third-order valence-electron chi connectivity index (χ3n) is 4.87. The van der Waals surface area contributed by atoms with Gasteiger partial charge in [-0.3, -0.25) is 24.2 Å². The highest BCUT2D eigenvalue weighted by atomic mass is 35.5. The van der Waals surface area contributed by atoms with Gasteiger partial charge in [-0.1, -0.05) is 11.6 Å². The third-order valence-corrected chi connectivity index (χ3v) is 5.20. The summed E-state index contributed by atoms with van der Waals surface area (Å²) in [6.07, 6.45) is -4.94. The van der Waals surface area contributed by atoms with Gasteiger partial charge in [0.25, 0.3) is 0 Å². The van der Waals surface area contributed by atoms with Crippen molar-refractivity contribution in [1.82, 2.24) is 4.98 Å². The van der Waals surface area contributed by atoms with E-state index in [-0.39, 0.29) is 12.4 Å². The van der Waals surface area contributed by atoms with Crippen LogP contribution in [0.15, 0.2) is 30.5 Å². The van der Waals surface area contributed by atoms with Gasteiger partial charge in [0, 0.05) is 39.3 Å². The van der Waals surface area contributed by atoms with E-state index in [9.17, 15) is 19.2 Å². The van der Waals surface area contributed by atoms with E-state index in [4.69, 9.17) is 40.0 Å². The number of fused-ring (bicyclic) bond motifs is 1. The summed E-state index contributed by atoms with van der Waals surface area (Å²) in [5.41, 5.74) is 0.396. The first-order valence-electron chi connectivity index (χ1n) is 10.6. The minimum atomic E-state index is -1.37. The van der Waals surface area contributed by atoms with Crippen LogP contribution in [-0.2, 0) is 42.9 Å². The van der Waals surface area contributed by atoms with E-state index in [1.807, 2.05) is 0 Å². The number of carbonyl (C=O) groups is 4. The topological polar surface area (TPSA) is 137 Å². The van der Waals surface area contributed by atoms with Crippen molar-refractivity contribution < 1.29 is 47.6 Å². The van der Waals surface area contributed by atoms with E-state index >= 15 is 0 Å². The summed E-state index contributed by atoms with van der Waals surface area (Å²) < 4.78 is 33.2. The molecule has 0 unspecified atom stereocenters. The molecular weight excluding hydrogens is 486 g/mol. The van der Waals surface area contributed by atoms with Crippen molar-refractivity contribution in [2.24, 2.45) is 0 Å². The molecule has 0 amide bonds. The van der Waals surface area contributed by atoms with Crippen LogP contribution in [0.2, 0.25) is 5.02 Å². The van der Waals surface area contributed by atoms with Gasteiger partial charge in [0.05, 0.1) is 5.02 Å². The van der Waals surface area contributed by atoms with E-state index < -0.39 is 54.6 Å². The molecule has 2 heterocycles. The molecule has 0 radical (unpaired) electrons. The summed E-state index contributed by atoms with van der Waals surface area (Å²) in [6.45, 7) is 4.25. The number of carbonyl (C=O) groups excluding carboxylic acids is 4. The standard InChI is InChI=1S/C23H24ClNO10/c1-11(26)30-10-18-20(31-12(2)27)21(32-13(3)28)22(33-14(4)29)23(35-18)34-17-8-7-16(24)15-6-5-9-25-19(15)17/h5-9,18,20-23H,10H2,1-4H3/t18-,20-,21+,22-,23+/m0/s1. The van der Waals surface area contributed by atoms with Crippen molar-refractivity contribution in [3.63, 3.8) is 0 Å². The van der Waals surface area contributed by atoms with Crippen molar-refractivity contribution in [3.8, 4) is 5.75 Å². The molecule has 3 rings (SSSR count). The zero-order valence-corrected chi connectivity index (χ0v) is 20.1. The molecule has 1 aromatic carbocycles. The molecule has 0 N–H and O–H groups in total. The maximum absolute atomic E-state index is 11.9. The maximum atomic E-state index is 11.9. The number of rotatable bonds is 7. The maximum Gasteiger partial charge on any atom is 0.303 e. The Hall–Kier alpha value is -3.44. The smallest absolute Gasteiger partial charge is 0.303 e. The fourth-order valence-electron chi connectivity index (χ4n) is 3.62. The molecule has 1 fully saturated rings. The molecule has 12 heteroatoms. The largest absolute Gasteiger partial charge is 0.463 e. The van der Waals surface area contributed by atoms with Crippen molar-refractivity contribution in [2.45, 2.75) is 58.4 Å². The van der Waals surface area contributed by atoms with Crippen LogP contribution in [0.1, 0.15) is 27.7 Å². The highest BCUT2D eigenvalue weighted by Crippen LogP contribution is 2.34. The van der Waals surface area contributed by atoms with Gasteiger partial charge in [-0.05, 0) is 24.3 Å². The van der Waals surface area contributed by atoms with Crippen LogP contribution >= 0.6 is 11.6 Å². The molecule has 1 aliphatic heterocycles. The minimum Gasteiger partial charge on any atom is -0.463 e. The molecule has 0 spiro atoms. The summed E-state index contributed by atoms with van der Waals surface area (Å²) in [4.78, 5) is 51.4. The lowest BCUT2D eigenvalue weighted by molar-refractivity contribution is -0.288. The van der Waals surface area contributed by atoms with Crippen LogP contribution in [0.5, 0.6) is 5.75 Å². The summed E-state index contributed by atoms with van der Waals surface area (Å²) in [5, 5.41) is 1.03. The Morgan fingerprint density at radius 1 is 0.886 bits per heavy atom. The summed E-state index contributed by atoms with van der Waals surface area (Å²) >= 11 is 6.26. The molecule has 188 valence electrons. The molecule has 1 aliphatic rings. The van der Waals surface area contributed by atoms with Gasteiger partial charge in [-0.2, -0.15) is 0 Å². The van der Waals surface area contributed by atoms with Gasteiger partial charge in [0.15, 0.2) is 12.2 Å².